The summed E-state index contributed by atoms with van der Waals surface area (Å²) in [5.74, 6) is -0.625. The molecule has 0 spiro atoms. The quantitative estimate of drug-likeness (QED) is 0.173. The minimum atomic E-state index is -1.22. The molecule has 222 valence electrons. The third kappa shape index (κ3) is 7.18. The molecule has 3 aromatic rings. The number of aromatic carboxylic acids is 1. The van der Waals surface area contributed by atoms with E-state index in [2.05, 4.69) is 27.7 Å². The molecule has 0 saturated heterocycles. The van der Waals surface area contributed by atoms with Gasteiger partial charge in [-0.25, -0.2) is 4.79 Å². The van der Waals surface area contributed by atoms with E-state index in [-0.39, 0.29) is 23.0 Å². The van der Waals surface area contributed by atoms with Crippen molar-refractivity contribution in [1.82, 2.24) is 14.3 Å². The van der Waals surface area contributed by atoms with E-state index in [1.165, 1.54) is 12.3 Å². The Morgan fingerprint density at radius 2 is 1.78 bits per heavy atom. The molecule has 41 heavy (non-hydrogen) atoms. The Kier molecular flexibility index (Phi) is 9.89. The van der Waals surface area contributed by atoms with Gasteiger partial charge in [0.05, 0.1) is 37.2 Å². The Balaban J connectivity index is 1.39. The molecule has 1 aliphatic rings. The second-order valence-electron chi connectivity index (χ2n) is 12.0. The highest BCUT2D eigenvalue weighted by Crippen LogP contribution is 2.43. The number of benzene rings is 1. The average molecular weight is 566 g/mol. The fourth-order valence-corrected chi connectivity index (χ4v) is 5.44. The molecule has 0 amide bonds. The molecule has 9 nitrogen and oxygen atoms in total. The lowest BCUT2D eigenvalue weighted by Gasteiger charge is -2.38. The highest BCUT2D eigenvalue weighted by atomic mass is 16.5. The van der Waals surface area contributed by atoms with Gasteiger partial charge < -0.3 is 19.1 Å². The first-order chi connectivity index (χ1) is 19.6. The predicted molar refractivity (Wildman–Crippen MR) is 159 cm³/mol. The molecule has 0 radical (unpaired) electrons. The van der Waals surface area contributed by atoms with Gasteiger partial charge in [-0.3, -0.25) is 14.3 Å². The molecular formula is C32H43N3O6. The van der Waals surface area contributed by atoms with Gasteiger partial charge in [0.15, 0.2) is 5.43 Å². The number of aromatic nitrogens is 3. The molecular weight excluding hydrogens is 522 g/mol. The summed E-state index contributed by atoms with van der Waals surface area (Å²) in [6.45, 7) is 10.1. The highest BCUT2D eigenvalue weighted by Gasteiger charge is 2.35. The molecule has 4 rings (SSSR count). The molecule has 1 N–H and O–H groups in total. The number of carbonyl (C=O) groups excluding carboxylic acids is 1. The van der Waals surface area contributed by atoms with Gasteiger partial charge >= 0.3 is 11.9 Å². The Hall–Kier alpha value is -3.62. The van der Waals surface area contributed by atoms with Gasteiger partial charge in [-0.15, -0.1) is 0 Å². The van der Waals surface area contributed by atoms with Gasteiger partial charge in [0, 0.05) is 24.1 Å². The van der Waals surface area contributed by atoms with Crippen LogP contribution in [0.15, 0.2) is 35.3 Å². The third-order valence-corrected chi connectivity index (χ3v) is 7.76. The molecule has 0 saturated carbocycles. The van der Waals surface area contributed by atoms with E-state index in [0.29, 0.717) is 37.6 Å². The minimum absolute atomic E-state index is 0.0923. The van der Waals surface area contributed by atoms with Crippen LogP contribution in [-0.2, 0) is 16.1 Å². The number of fused-ring (bicyclic) bond motifs is 5. The molecule has 2 aromatic heterocycles. The Morgan fingerprint density at radius 3 is 2.51 bits per heavy atom. The van der Waals surface area contributed by atoms with Crippen LogP contribution in [0.4, 0.5) is 0 Å². The number of pyridine rings is 1. The van der Waals surface area contributed by atoms with Gasteiger partial charge in [-0.1, -0.05) is 71.9 Å². The summed E-state index contributed by atoms with van der Waals surface area (Å²) >= 11 is 0. The van der Waals surface area contributed by atoms with Gasteiger partial charge in [0.2, 0.25) is 0 Å². The lowest BCUT2D eigenvalue weighted by atomic mass is 9.85. The number of ether oxygens (including phenoxy) is 2. The summed E-state index contributed by atoms with van der Waals surface area (Å²) in [7, 11) is 0. The lowest BCUT2D eigenvalue weighted by molar-refractivity contribution is -0.143. The summed E-state index contributed by atoms with van der Waals surface area (Å²) < 4.78 is 15.3. The van der Waals surface area contributed by atoms with Gasteiger partial charge in [-0.05, 0) is 30.7 Å². The maximum absolute atomic E-state index is 12.7. The SMILES string of the molecule is CCCCCOC(=O)CCCCCCCOc1cccc2c3n(nc12)C[C@@H](C(C)(C)C)n1cc(C(=O)O)c(=O)cc1-3. The number of carboxylic acids is 1. The molecule has 9 heteroatoms. The molecule has 1 aliphatic heterocycles. The Morgan fingerprint density at radius 1 is 1.05 bits per heavy atom. The number of esters is 1. The van der Waals surface area contributed by atoms with Crippen LogP contribution in [-0.4, -0.2) is 44.6 Å². The van der Waals surface area contributed by atoms with Crippen molar-refractivity contribution in [2.75, 3.05) is 13.2 Å². The minimum Gasteiger partial charge on any atom is -0.491 e. The van der Waals surface area contributed by atoms with Gasteiger partial charge in [0.25, 0.3) is 0 Å². The van der Waals surface area contributed by atoms with Crippen LogP contribution in [0.2, 0.25) is 0 Å². The second kappa shape index (κ2) is 13.4. The summed E-state index contributed by atoms with van der Waals surface area (Å²) in [4.78, 5) is 36.2. The van der Waals surface area contributed by atoms with Crippen molar-refractivity contribution in [2.24, 2.45) is 5.41 Å². The lowest BCUT2D eigenvalue weighted by Crippen LogP contribution is -2.35. The second-order valence-corrected chi connectivity index (χ2v) is 12.0. The summed E-state index contributed by atoms with van der Waals surface area (Å²) in [5.41, 5.74) is 1.24. The van der Waals surface area contributed by atoms with Crippen molar-refractivity contribution in [2.45, 2.75) is 98.1 Å². The fourth-order valence-electron chi connectivity index (χ4n) is 5.44. The van der Waals surface area contributed by atoms with Crippen molar-refractivity contribution in [3.05, 3.63) is 46.2 Å². The number of carboxylic acid groups (broad SMARTS) is 1. The molecule has 0 fully saturated rings. The molecule has 1 aromatic carbocycles. The van der Waals surface area contributed by atoms with E-state index >= 15 is 0 Å². The van der Waals surface area contributed by atoms with E-state index in [1.54, 1.807) is 0 Å². The third-order valence-electron chi connectivity index (χ3n) is 7.76. The van der Waals surface area contributed by atoms with Crippen LogP contribution in [0.1, 0.15) is 102 Å². The number of nitrogens with zero attached hydrogens (tertiary/aromatic N) is 3. The first-order valence-electron chi connectivity index (χ1n) is 14.9. The molecule has 0 bridgehead atoms. The van der Waals surface area contributed by atoms with Crippen LogP contribution < -0.4 is 10.2 Å². The van der Waals surface area contributed by atoms with Gasteiger partial charge in [-0.2, -0.15) is 5.10 Å². The van der Waals surface area contributed by atoms with Crippen molar-refractivity contribution in [1.29, 1.82) is 0 Å². The molecule has 1 atom stereocenters. The largest absolute Gasteiger partial charge is 0.491 e. The Labute approximate surface area is 241 Å². The zero-order valence-corrected chi connectivity index (χ0v) is 24.8. The van der Waals surface area contributed by atoms with Crippen LogP contribution in [0.3, 0.4) is 0 Å². The fraction of sp³-hybridized carbons (Fsp3) is 0.562. The molecule has 3 heterocycles. The van der Waals surface area contributed by atoms with Crippen LogP contribution in [0.5, 0.6) is 5.75 Å². The van der Waals surface area contributed by atoms with Crippen molar-refractivity contribution in [3.8, 4) is 17.1 Å². The number of hydrogen-bond acceptors (Lipinski definition) is 6. The van der Waals surface area contributed by atoms with Crippen LogP contribution >= 0.6 is 0 Å². The summed E-state index contributed by atoms with van der Waals surface area (Å²) in [6.07, 6.45) is 9.90. The number of unbranched alkanes of at least 4 members (excludes halogenated alkanes) is 6. The summed E-state index contributed by atoms with van der Waals surface area (Å²) in [5, 5.41) is 15.4. The highest BCUT2D eigenvalue weighted by molar-refractivity contribution is 5.96. The molecule has 0 unspecified atom stereocenters. The predicted octanol–water partition coefficient (Wildman–Crippen LogP) is 6.62. The zero-order valence-electron chi connectivity index (χ0n) is 24.8. The maximum atomic E-state index is 12.7. The Bertz CT molecular complexity index is 1430. The summed E-state index contributed by atoms with van der Waals surface area (Å²) in [6, 6.07) is 7.13. The van der Waals surface area contributed by atoms with Gasteiger partial charge in [0.1, 0.15) is 16.8 Å². The topological polar surface area (TPSA) is 113 Å². The standard InChI is InChI=1S/C32H43N3O6/c1-5-6-11-18-41-28(37)16-10-8-7-9-12-17-40-26-15-13-14-22-29(26)33-35-21-27(32(2,3)4)34-20-23(31(38)39)25(36)19-24(34)30(22)35/h13-15,19-20,27H,5-12,16-18,21H2,1-4H3,(H,38,39)/t27-/m0/s1. The van der Waals surface area contributed by atoms with Crippen LogP contribution in [0, 0.1) is 5.41 Å². The smallest absolute Gasteiger partial charge is 0.341 e. The van der Waals surface area contributed by atoms with E-state index in [4.69, 9.17) is 14.6 Å². The average Bonchev–Trinajstić information content (AvgIpc) is 3.30. The van der Waals surface area contributed by atoms with E-state index in [9.17, 15) is 19.5 Å². The first kappa shape index (κ1) is 30.3. The maximum Gasteiger partial charge on any atom is 0.341 e. The van der Waals surface area contributed by atoms with Crippen LogP contribution in [0.25, 0.3) is 22.3 Å². The van der Waals surface area contributed by atoms with E-state index in [1.807, 2.05) is 27.4 Å². The number of rotatable bonds is 14. The monoisotopic (exact) mass is 565 g/mol. The number of carbonyl (C=O) groups is 2. The van der Waals surface area contributed by atoms with E-state index < -0.39 is 11.4 Å². The van der Waals surface area contributed by atoms with Crippen molar-refractivity contribution >= 4 is 22.8 Å². The first-order valence-corrected chi connectivity index (χ1v) is 14.9. The number of hydrogen-bond donors (Lipinski definition) is 1. The zero-order chi connectivity index (χ0) is 29.6. The van der Waals surface area contributed by atoms with Crippen molar-refractivity contribution in [3.63, 3.8) is 0 Å². The van der Waals surface area contributed by atoms with Crippen molar-refractivity contribution < 1.29 is 24.2 Å². The normalized spacial score (nSPS) is 14.5. The van der Waals surface area contributed by atoms with E-state index in [0.717, 1.165) is 68.0 Å². The molecule has 0 aliphatic carbocycles.